The summed E-state index contributed by atoms with van der Waals surface area (Å²) in [6, 6.07) is 12.0. The zero-order valence-corrected chi connectivity index (χ0v) is 13.0. The van der Waals surface area contributed by atoms with E-state index in [2.05, 4.69) is 53.8 Å². The minimum atomic E-state index is -0.193. The van der Waals surface area contributed by atoms with Crippen molar-refractivity contribution >= 4 is 17.3 Å². The highest BCUT2D eigenvalue weighted by molar-refractivity contribution is 5.93. The lowest BCUT2D eigenvalue weighted by molar-refractivity contribution is 0.0953. The zero-order valence-electron chi connectivity index (χ0n) is 13.0. The van der Waals surface area contributed by atoms with Crippen molar-refractivity contribution < 1.29 is 4.79 Å². The third-order valence-corrected chi connectivity index (χ3v) is 3.32. The summed E-state index contributed by atoms with van der Waals surface area (Å²) in [5, 5.41) is 2.74. The van der Waals surface area contributed by atoms with Crippen LogP contribution in [-0.4, -0.2) is 24.0 Å². The van der Waals surface area contributed by atoms with Crippen LogP contribution in [0.3, 0.4) is 0 Å². The highest BCUT2D eigenvalue weighted by Gasteiger charge is 2.11. The van der Waals surface area contributed by atoms with E-state index >= 15 is 0 Å². The van der Waals surface area contributed by atoms with Crippen molar-refractivity contribution in [1.82, 2.24) is 10.3 Å². The van der Waals surface area contributed by atoms with Gasteiger partial charge in [0.2, 0.25) is 0 Å². The molecule has 1 aromatic carbocycles. The molecule has 0 unspecified atom stereocenters. The summed E-state index contributed by atoms with van der Waals surface area (Å²) in [4.78, 5) is 18.3. The van der Waals surface area contributed by atoms with Crippen LogP contribution in [0.1, 0.15) is 23.0 Å². The molecule has 1 amide bonds. The summed E-state index contributed by atoms with van der Waals surface area (Å²) in [6.45, 7) is 8.98. The number of pyridine rings is 1. The lowest BCUT2D eigenvalue weighted by Crippen LogP contribution is -2.25. The number of anilines is 2. The first-order valence-electron chi connectivity index (χ1n) is 7.35. The maximum absolute atomic E-state index is 12.0. The predicted molar refractivity (Wildman–Crippen MR) is 90.6 cm³/mol. The molecule has 1 N–H and O–H groups in total. The maximum atomic E-state index is 12.0. The highest BCUT2D eigenvalue weighted by atomic mass is 16.1. The number of aromatic nitrogens is 1. The number of benzene rings is 1. The number of rotatable bonds is 6. The normalized spacial score (nSPS) is 10.1. The van der Waals surface area contributed by atoms with Gasteiger partial charge in [0, 0.05) is 30.7 Å². The molecule has 114 valence electrons. The Balaban J connectivity index is 2.30. The fourth-order valence-electron chi connectivity index (χ4n) is 2.28. The Bertz CT molecular complexity index is 667. The molecule has 0 aliphatic heterocycles. The van der Waals surface area contributed by atoms with Gasteiger partial charge in [0.15, 0.2) is 0 Å². The van der Waals surface area contributed by atoms with Gasteiger partial charge in [0.05, 0.1) is 0 Å². The van der Waals surface area contributed by atoms with Gasteiger partial charge in [0.1, 0.15) is 5.69 Å². The summed E-state index contributed by atoms with van der Waals surface area (Å²) >= 11 is 0. The Kier molecular flexibility index (Phi) is 5.31. The Labute approximate surface area is 131 Å². The third kappa shape index (κ3) is 3.73. The standard InChI is InChI=1S/C18H21N3O/c1-4-10-20-18(22)17-13-16(9-11-19-17)21(5-2)15-8-6-7-14(3)12-15/h4,6-9,11-13H,1,5,10H2,2-3H3,(H,20,22). The molecular formula is C18H21N3O. The second kappa shape index (κ2) is 7.41. The second-order valence-corrected chi connectivity index (χ2v) is 4.98. The van der Waals surface area contributed by atoms with Gasteiger partial charge in [-0.2, -0.15) is 0 Å². The number of hydrogen-bond donors (Lipinski definition) is 1. The number of amides is 1. The molecule has 1 aromatic heterocycles. The lowest BCUT2D eigenvalue weighted by Gasteiger charge is -2.24. The van der Waals surface area contributed by atoms with Crippen LogP contribution in [0.5, 0.6) is 0 Å². The molecule has 22 heavy (non-hydrogen) atoms. The first-order chi connectivity index (χ1) is 10.7. The number of aryl methyl sites for hydroxylation is 1. The van der Waals surface area contributed by atoms with Gasteiger partial charge in [-0.1, -0.05) is 18.2 Å². The number of nitrogens with one attached hydrogen (secondary N) is 1. The van der Waals surface area contributed by atoms with Gasteiger partial charge in [-0.15, -0.1) is 6.58 Å². The molecule has 0 aliphatic rings. The Morgan fingerprint density at radius 2 is 2.09 bits per heavy atom. The van der Waals surface area contributed by atoms with Crippen molar-refractivity contribution in [2.45, 2.75) is 13.8 Å². The van der Waals surface area contributed by atoms with E-state index in [1.54, 1.807) is 12.3 Å². The van der Waals surface area contributed by atoms with E-state index in [9.17, 15) is 4.79 Å². The van der Waals surface area contributed by atoms with Crippen LogP contribution in [-0.2, 0) is 0 Å². The van der Waals surface area contributed by atoms with Crippen LogP contribution in [0.15, 0.2) is 55.3 Å². The molecule has 0 aliphatic carbocycles. The van der Waals surface area contributed by atoms with Crippen molar-refractivity contribution in [3.05, 3.63) is 66.5 Å². The third-order valence-electron chi connectivity index (χ3n) is 3.32. The van der Waals surface area contributed by atoms with Crippen LogP contribution < -0.4 is 10.2 Å². The van der Waals surface area contributed by atoms with Crippen LogP contribution in [0.2, 0.25) is 0 Å². The quantitative estimate of drug-likeness (QED) is 0.830. The highest BCUT2D eigenvalue weighted by Crippen LogP contribution is 2.25. The summed E-state index contributed by atoms with van der Waals surface area (Å²) in [5.41, 5.74) is 3.66. The average Bonchev–Trinajstić information content (AvgIpc) is 2.54. The molecule has 2 aromatic rings. The molecule has 1 heterocycles. The van der Waals surface area contributed by atoms with E-state index in [4.69, 9.17) is 0 Å². The van der Waals surface area contributed by atoms with Crippen molar-refractivity contribution in [3.8, 4) is 0 Å². The van der Waals surface area contributed by atoms with E-state index in [0.29, 0.717) is 12.2 Å². The van der Waals surface area contributed by atoms with E-state index in [1.165, 1.54) is 5.56 Å². The number of carbonyl (C=O) groups excluding carboxylic acids is 1. The number of hydrogen-bond acceptors (Lipinski definition) is 3. The fraction of sp³-hybridized carbons (Fsp3) is 0.222. The topological polar surface area (TPSA) is 45.2 Å². The van der Waals surface area contributed by atoms with Crippen molar-refractivity contribution in [2.24, 2.45) is 0 Å². The molecular weight excluding hydrogens is 274 g/mol. The largest absolute Gasteiger partial charge is 0.347 e. The molecule has 0 saturated carbocycles. The van der Waals surface area contributed by atoms with Gasteiger partial charge in [-0.3, -0.25) is 9.78 Å². The lowest BCUT2D eigenvalue weighted by atomic mass is 10.2. The molecule has 4 nitrogen and oxygen atoms in total. The van der Waals surface area contributed by atoms with Crippen molar-refractivity contribution in [1.29, 1.82) is 0 Å². The Morgan fingerprint density at radius 3 is 2.77 bits per heavy atom. The average molecular weight is 295 g/mol. The molecule has 0 atom stereocenters. The first kappa shape index (κ1) is 15.8. The summed E-state index contributed by atoms with van der Waals surface area (Å²) in [5.74, 6) is -0.193. The first-order valence-corrected chi connectivity index (χ1v) is 7.35. The van der Waals surface area contributed by atoms with Crippen LogP contribution in [0, 0.1) is 6.92 Å². The van der Waals surface area contributed by atoms with Gasteiger partial charge >= 0.3 is 0 Å². The Morgan fingerprint density at radius 1 is 1.32 bits per heavy atom. The molecule has 0 bridgehead atoms. The number of nitrogens with zero attached hydrogens (tertiary/aromatic N) is 2. The number of carbonyl (C=O) groups is 1. The molecule has 0 radical (unpaired) electrons. The molecule has 0 fully saturated rings. The van der Waals surface area contributed by atoms with E-state index in [0.717, 1.165) is 17.9 Å². The maximum Gasteiger partial charge on any atom is 0.270 e. The summed E-state index contributed by atoms with van der Waals surface area (Å²) < 4.78 is 0. The molecule has 2 rings (SSSR count). The van der Waals surface area contributed by atoms with Gasteiger partial charge in [-0.05, 0) is 43.7 Å². The predicted octanol–water partition coefficient (Wildman–Crippen LogP) is 3.46. The fourth-order valence-corrected chi connectivity index (χ4v) is 2.28. The second-order valence-electron chi connectivity index (χ2n) is 4.98. The van der Waals surface area contributed by atoms with E-state index < -0.39 is 0 Å². The van der Waals surface area contributed by atoms with Crippen molar-refractivity contribution in [2.75, 3.05) is 18.0 Å². The molecule has 0 saturated heterocycles. The monoisotopic (exact) mass is 295 g/mol. The minimum absolute atomic E-state index is 0.193. The van der Waals surface area contributed by atoms with Gasteiger partial charge < -0.3 is 10.2 Å². The summed E-state index contributed by atoms with van der Waals surface area (Å²) in [6.07, 6.45) is 3.31. The van der Waals surface area contributed by atoms with E-state index in [1.807, 2.05) is 18.2 Å². The molecule has 0 spiro atoms. The van der Waals surface area contributed by atoms with Crippen molar-refractivity contribution in [3.63, 3.8) is 0 Å². The van der Waals surface area contributed by atoms with Crippen LogP contribution in [0.25, 0.3) is 0 Å². The zero-order chi connectivity index (χ0) is 15.9. The van der Waals surface area contributed by atoms with E-state index in [-0.39, 0.29) is 5.91 Å². The Hall–Kier alpha value is -2.62. The smallest absolute Gasteiger partial charge is 0.270 e. The SMILES string of the molecule is C=CCNC(=O)c1cc(N(CC)c2cccc(C)c2)ccn1. The van der Waals surface area contributed by atoms with Crippen LogP contribution >= 0.6 is 0 Å². The van der Waals surface area contributed by atoms with Gasteiger partial charge in [-0.25, -0.2) is 0 Å². The minimum Gasteiger partial charge on any atom is -0.347 e. The summed E-state index contributed by atoms with van der Waals surface area (Å²) in [7, 11) is 0. The van der Waals surface area contributed by atoms with Gasteiger partial charge in [0.25, 0.3) is 5.91 Å². The molecule has 4 heteroatoms. The van der Waals surface area contributed by atoms with Crippen LogP contribution in [0.4, 0.5) is 11.4 Å².